The summed E-state index contributed by atoms with van der Waals surface area (Å²) in [6, 6.07) is 5.10. The van der Waals surface area contributed by atoms with Crippen LogP contribution < -0.4 is 5.32 Å². The Labute approximate surface area is 156 Å². The molecule has 0 radical (unpaired) electrons. The highest BCUT2D eigenvalue weighted by atomic mass is 32.1. The number of aromatic nitrogens is 4. The normalized spacial score (nSPS) is 14.3. The highest BCUT2D eigenvalue weighted by Gasteiger charge is 2.30. The Kier molecular flexibility index (Phi) is 4.42. The molecule has 4 rings (SSSR count). The maximum Gasteiger partial charge on any atom is 0.416 e. The van der Waals surface area contributed by atoms with Gasteiger partial charge in [-0.2, -0.15) is 13.2 Å². The fraction of sp³-hybridized carbons (Fsp3) is 0.294. The Morgan fingerprint density at radius 2 is 2.00 bits per heavy atom. The van der Waals surface area contributed by atoms with Gasteiger partial charge in [0.1, 0.15) is 10.7 Å². The zero-order chi connectivity index (χ0) is 19.0. The van der Waals surface area contributed by atoms with Gasteiger partial charge in [-0.25, -0.2) is 9.67 Å². The first kappa shape index (κ1) is 17.7. The van der Waals surface area contributed by atoms with E-state index in [0.29, 0.717) is 22.0 Å². The van der Waals surface area contributed by atoms with Crippen molar-refractivity contribution in [3.05, 3.63) is 52.8 Å². The van der Waals surface area contributed by atoms with E-state index < -0.39 is 11.7 Å². The van der Waals surface area contributed by atoms with Crippen LogP contribution in [0.1, 0.15) is 40.6 Å². The van der Waals surface area contributed by atoms with Gasteiger partial charge in [0.05, 0.1) is 30.0 Å². The van der Waals surface area contributed by atoms with Crippen LogP contribution in [0.2, 0.25) is 0 Å². The summed E-state index contributed by atoms with van der Waals surface area (Å²) in [6.07, 6.45) is -0.945. The molecule has 3 aromatic rings. The molecule has 1 N–H and O–H groups in total. The molecule has 140 valence electrons. The van der Waals surface area contributed by atoms with Crippen molar-refractivity contribution in [2.45, 2.75) is 31.6 Å². The molecule has 1 saturated carbocycles. The maximum atomic E-state index is 12.6. The summed E-state index contributed by atoms with van der Waals surface area (Å²) in [5.74, 6) is -0.281. The van der Waals surface area contributed by atoms with E-state index in [2.05, 4.69) is 20.6 Å². The summed E-state index contributed by atoms with van der Waals surface area (Å²) in [5, 5.41) is 12.9. The Bertz CT molecular complexity index is 960. The van der Waals surface area contributed by atoms with Gasteiger partial charge in [-0.15, -0.1) is 16.4 Å². The van der Waals surface area contributed by atoms with E-state index in [9.17, 15) is 18.0 Å². The van der Waals surface area contributed by atoms with E-state index in [4.69, 9.17) is 0 Å². The summed E-state index contributed by atoms with van der Waals surface area (Å²) in [6.45, 7) is 0.214. The molecule has 1 amide bonds. The second-order valence-electron chi connectivity index (χ2n) is 6.20. The zero-order valence-electron chi connectivity index (χ0n) is 13.9. The Morgan fingerprint density at radius 3 is 2.67 bits per heavy atom. The second kappa shape index (κ2) is 6.76. The molecule has 0 bridgehead atoms. The van der Waals surface area contributed by atoms with Crippen molar-refractivity contribution in [3.63, 3.8) is 0 Å². The van der Waals surface area contributed by atoms with Gasteiger partial charge in [-0.1, -0.05) is 17.3 Å². The second-order valence-corrected chi connectivity index (χ2v) is 7.05. The van der Waals surface area contributed by atoms with Crippen molar-refractivity contribution in [2.75, 3.05) is 0 Å². The first-order valence-electron chi connectivity index (χ1n) is 8.22. The van der Waals surface area contributed by atoms with E-state index in [-0.39, 0.29) is 18.5 Å². The van der Waals surface area contributed by atoms with Crippen LogP contribution in [0.25, 0.3) is 10.6 Å². The number of hydrogen-bond acceptors (Lipinski definition) is 5. The fourth-order valence-electron chi connectivity index (χ4n) is 2.58. The maximum absolute atomic E-state index is 12.6. The van der Waals surface area contributed by atoms with E-state index in [1.165, 1.54) is 29.7 Å². The molecule has 0 spiro atoms. The van der Waals surface area contributed by atoms with E-state index in [1.807, 2.05) is 0 Å². The minimum atomic E-state index is -4.36. The van der Waals surface area contributed by atoms with Gasteiger partial charge in [0, 0.05) is 10.9 Å². The number of halogens is 3. The van der Waals surface area contributed by atoms with Crippen molar-refractivity contribution in [3.8, 4) is 10.6 Å². The molecule has 0 unspecified atom stereocenters. The topological polar surface area (TPSA) is 72.7 Å². The minimum Gasteiger partial charge on any atom is -0.345 e. The van der Waals surface area contributed by atoms with Crippen molar-refractivity contribution in [1.29, 1.82) is 0 Å². The van der Waals surface area contributed by atoms with Crippen LogP contribution >= 0.6 is 11.3 Å². The number of nitrogens with one attached hydrogen (secondary N) is 1. The molecule has 1 aliphatic rings. The molecule has 6 nitrogen and oxygen atoms in total. The molecule has 2 aromatic heterocycles. The van der Waals surface area contributed by atoms with Crippen LogP contribution in [-0.4, -0.2) is 25.9 Å². The molecule has 1 aliphatic carbocycles. The highest BCUT2D eigenvalue weighted by Crippen LogP contribution is 2.35. The number of carbonyl (C=O) groups is 1. The van der Waals surface area contributed by atoms with E-state index in [0.717, 1.165) is 25.0 Å². The average Bonchev–Trinajstić information content (AvgIpc) is 3.18. The van der Waals surface area contributed by atoms with Crippen molar-refractivity contribution < 1.29 is 18.0 Å². The Morgan fingerprint density at radius 1 is 1.26 bits per heavy atom. The summed E-state index contributed by atoms with van der Waals surface area (Å²) in [7, 11) is 0. The first-order valence-corrected chi connectivity index (χ1v) is 9.10. The monoisotopic (exact) mass is 393 g/mol. The van der Waals surface area contributed by atoms with Crippen molar-refractivity contribution in [1.82, 2.24) is 25.3 Å². The van der Waals surface area contributed by atoms with E-state index in [1.54, 1.807) is 10.1 Å². The molecule has 0 aliphatic heterocycles. The van der Waals surface area contributed by atoms with Gasteiger partial charge in [0.2, 0.25) is 0 Å². The SMILES string of the molecule is O=C(NCc1csc(-c2ccc(C(F)(F)F)cc2)n1)c1cnnn1C1CC1. The molecule has 1 aromatic carbocycles. The van der Waals surface area contributed by atoms with Crippen LogP contribution in [0, 0.1) is 0 Å². The summed E-state index contributed by atoms with van der Waals surface area (Å²) >= 11 is 1.31. The lowest BCUT2D eigenvalue weighted by atomic mass is 10.1. The molecule has 0 atom stereocenters. The van der Waals surface area contributed by atoms with Gasteiger partial charge in [-0.3, -0.25) is 4.79 Å². The third kappa shape index (κ3) is 3.85. The predicted octanol–water partition coefficient (Wildman–Crippen LogP) is 3.69. The van der Waals surface area contributed by atoms with Crippen molar-refractivity contribution >= 4 is 17.2 Å². The third-order valence-electron chi connectivity index (χ3n) is 4.14. The predicted molar refractivity (Wildman–Crippen MR) is 92.0 cm³/mol. The minimum absolute atomic E-state index is 0.214. The Hall–Kier alpha value is -2.75. The lowest BCUT2D eigenvalue weighted by Crippen LogP contribution is -2.25. The summed E-state index contributed by atoms with van der Waals surface area (Å²) < 4.78 is 39.5. The fourth-order valence-corrected chi connectivity index (χ4v) is 3.40. The smallest absolute Gasteiger partial charge is 0.345 e. The average molecular weight is 393 g/mol. The first-order chi connectivity index (χ1) is 12.9. The lowest BCUT2D eigenvalue weighted by molar-refractivity contribution is -0.137. The molecule has 27 heavy (non-hydrogen) atoms. The number of alkyl halides is 3. The van der Waals surface area contributed by atoms with Gasteiger partial charge in [0.15, 0.2) is 0 Å². The quantitative estimate of drug-likeness (QED) is 0.718. The van der Waals surface area contributed by atoms with Crippen LogP contribution in [0.5, 0.6) is 0 Å². The van der Waals surface area contributed by atoms with Gasteiger partial charge in [-0.05, 0) is 25.0 Å². The summed E-state index contributed by atoms with van der Waals surface area (Å²) in [4.78, 5) is 16.7. The number of amides is 1. The van der Waals surface area contributed by atoms with Gasteiger partial charge in [0.25, 0.3) is 5.91 Å². The molecule has 0 saturated heterocycles. The lowest BCUT2D eigenvalue weighted by Gasteiger charge is -2.06. The third-order valence-corrected chi connectivity index (χ3v) is 5.08. The number of nitrogens with zero attached hydrogens (tertiary/aromatic N) is 4. The van der Waals surface area contributed by atoms with Crippen LogP contribution in [-0.2, 0) is 12.7 Å². The standard InChI is InChI=1S/C17H14F3N5OS/c18-17(19,20)11-3-1-10(2-4-11)16-23-12(9-27-16)7-21-15(26)14-8-22-24-25(14)13-5-6-13/h1-4,8-9,13H,5-7H2,(H,21,26). The van der Waals surface area contributed by atoms with Crippen molar-refractivity contribution in [2.24, 2.45) is 0 Å². The molecule has 1 fully saturated rings. The number of hydrogen-bond donors (Lipinski definition) is 1. The van der Waals surface area contributed by atoms with Crippen LogP contribution in [0.4, 0.5) is 13.2 Å². The molecule has 2 heterocycles. The largest absolute Gasteiger partial charge is 0.416 e. The number of thiazole rings is 1. The highest BCUT2D eigenvalue weighted by molar-refractivity contribution is 7.13. The van der Waals surface area contributed by atoms with Gasteiger partial charge < -0.3 is 5.32 Å². The molecule has 10 heteroatoms. The number of benzene rings is 1. The van der Waals surface area contributed by atoms with Crippen LogP contribution in [0.15, 0.2) is 35.8 Å². The zero-order valence-corrected chi connectivity index (χ0v) is 14.7. The van der Waals surface area contributed by atoms with E-state index >= 15 is 0 Å². The molecular weight excluding hydrogens is 379 g/mol. The van der Waals surface area contributed by atoms with Crippen LogP contribution in [0.3, 0.4) is 0 Å². The number of rotatable bonds is 5. The number of carbonyl (C=O) groups excluding carboxylic acids is 1. The Balaban J connectivity index is 1.41. The molecular formula is C17H14F3N5OS. The van der Waals surface area contributed by atoms with Gasteiger partial charge >= 0.3 is 6.18 Å². The summed E-state index contributed by atoms with van der Waals surface area (Å²) in [5.41, 5.74) is 0.946.